The number of nitrogens with zero attached hydrogens (tertiary/aromatic N) is 2. The van der Waals surface area contributed by atoms with Gasteiger partial charge in [0.2, 0.25) is 0 Å². The summed E-state index contributed by atoms with van der Waals surface area (Å²) >= 11 is 0. The van der Waals surface area contributed by atoms with Crippen LogP contribution in [-0.4, -0.2) is 46.2 Å². The number of likely N-dealkylation sites (N-methyl/N-ethyl adjacent to an activating group) is 1. The third kappa shape index (κ3) is 3.74. The summed E-state index contributed by atoms with van der Waals surface area (Å²) in [5, 5.41) is 0. The molecule has 90 valence electrons. The minimum absolute atomic E-state index is 0.725. The molecular formula is C13H22N2O. The number of rotatable bonds is 5. The minimum Gasteiger partial charge on any atom is -0.492 e. The summed E-state index contributed by atoms with van der Waals surface area (Å²) in [6.07, 6.45) is 0. The Morgan fingerprint density at radius 2 is 1.81 bits per heavy atom. The van der Waals surface area contributed by atoms with Gasteiger partial charge in [-0.1, -0.05) is 6.07 Å². The van der Waals surface area contributed by atoms with E-state index in [0.717, 1.165) is 18.9 Å². The standard InChI is InChI=1S/C13H22N2O/c1-11-6-7-12(10-13(11)15(4)5)16-9-8-14(2)3/h6-7,10H,8-9H2,1-5H3. The monoisotopic (exact) mass is 222 g/mol. The Hall–Kier alpha value is -1.22. The molecule has 0 spiro atoms. The molecular weight excluding hydrogens is 200 g/mol. The zero-order chi connectivity index (χ0) is 12.1. The zero-order valence-corrected chi connectivity index (χ0v) is 10.9. The lowest BCUT2D eigenvalue weighted by Crippen LogP contribution is -2.19. The number of benzene rings is 1. The van der Waals surface area contributed by atoms with Crippen LogP contribution in [0.1, 0.15) is 5.56 Å². The molecule has 0 bridgehead atoms. The van der Waals surface area contributed by atoms with E-state index in [-0.39, 0.29) is 0 Å². The van der Waals surface area contributed by atoms with Crippen LogP contribution in [-0.2, 0) is 0 Å². The smallest absolute Gasteiger partial charge is 0.121 e. The van der Waals surface area contributed by atoms with Gasteiger partial charge in [-0.15, -0.1) is 0 Å². The number of aryl methyl sites for hydroxylation is 1. The normalized spacial score (nSPS) is 10.6. The van der Waals surface area contributed by atoms with E-state index in [0.29, 0.717) is 0 Å². The molecule has 0 aliphatic rings. The van der Waals surface area contributed by atoms with Crippen LogP contribution in [0.3, 0.4) is 0 Å². The van der Waals surface area contributed by atoms with Gasteiger partial charge in [0, 0.05) is 32.4 Å². The third-order valence-electron chi connectivity index (χ3n) is 2.47. The summed E-state index contributed by atoms with van der Waals surface area (Å²) in [4.78, 5) is 4.22. The lowest BCUT2D eigenvalue weighted by atomic mass is 10.2. The summed E-state index contributed by atoms with van der Waals surface area (Å²) in [6, 6.07) is 6.21. The molecule has 1 aromatic rings. The molecule has 0 amide bonds. The average molecular weight is 222 g/mol. The summed E-state index contributed by atoms with van der Waals surface area (Å²) in [5.74, 6) is 0.941. The van der Waals surface area contributed by atoms with E-state index in [1.165, 1.54) is 11.3 Å². The highest BCUT2D eigenvalue weighted by Gasteiger charge is 2.03. The van der Waals surface area contributed by atoms with Gasteiger partial charge in [0.15, 0.2) is 0 Å². The van der Waals surface area contributed by atoms with Crippen molar-refractivity contribution in [1.29, 1.82) is 0 Å². The van der Waals surface area contributed by atoms with Crippen LogP contribution in [0.2, 0.25) is 0 Å². The molecule has 0 atom stereocenters. The van der Waals surface area contributed by atoms with Gasteiger partial charge in [0.25, 0.3) is 0 Å². The zero-order valence-electron chi connectivity index (χ0n) is 10.9. The Kier molecular flexibility index (Phi) is 4.62. The molecule has 0 N–H and O–H groups in total. The first kappa shape index (κ1) is 12.8. The molecule has 0 saturated heterocycles. The van der Waals surface area contributed by atoms with Crippen molar-refractivity contribution in [3.63, 3.8) is 0 Å². The van der Waals surface area contributed by atoms with Crippen LogP contribution in [0.25, 0.3) is 0 Å². The fourth-order valence-corrected chi connectivity index (χ4v) is 1.51. The molecule has 0 fully saturated rings. The lowest BCUT2D eigenvalue weighted by molar-refractivity contribution is 0.261. The molecule has 0 aromatic heterocycles. The van der Waals surface area contributed by atoms with Crippen LogP contribution in [0.5, 0.6) is 5.75 Å². The predicted octanol–water partition coefficient (Wildman–Crippen LogP) is 2.00. The van der Waals surface area contributed by atoms with Crippen molar-refractivity contribution in [3.8, 4) is 5.75 Å². The van der Waals surface area contributed by atoms with E-state index in [4.69, 9.17) is 4.74 Å². The van der Waals surface area contributed by atoms with E-state index in [2.05, 4.69) is 28.9 Å². The quantitative estimate of drug-likeness (QED) is 0.758. The molecule has 0 aliphatic heterocycles. The summed E-state index contributed by atoms with van der Waals surface area (Å²) < 4.78 is 5.69. The average Bonchev–Trinajstić information content (AvgIpc) is 2.19. The largest absolute Gasteiger partial charge is 0.492 e. The first-order chi connectivity index (χ1) is 7.50. The molecule has 1 aromatic carbocycles. The van der Waals surface area contributed by atoms with Gasteiger partial charge in [0.1, 0.15) is 12.4 Å². The lowest BCUT2D eigenvalue weighted by Gasteiger charge is -2.17. The summed E-state index contributed by atoms with van der Waals surface area (Å²) in [7, 11) is 8.19. The van der Waals surface area contributed by atoms with Crippen molar-refractivity contribution in [2.75, 3.05) is 46.2 Å². The Labute approximate surface area is 98.6 Å². The second-order valence-electron chi connectivity index (χ2n) is 4.49. The Bertz CT molecular complexity index is 335. The molecule has 0 aliphatic carbocycles. The van der Waals surface area contributed by atoms with Gasteiger partial charge >= 0.3 is 0 Å². The van der Waals surface area contributed by atoms with Crippen LogP contribution in [0.4, 0.5) is 5.69 Å². The molecule has 1 rings (SSSR count). The fraction of sp³-hybridized carbons (Fsp3) is 0.538. The van der Waals surface area contributed by atoms with Crippen molar-refractivity contribution in [2.24, 2.45) is 0 Å². The van der Waals surface area contributed by atoms with Crippen LogP contribution in [0, 0.1) is 6.92 Å². The van der Waals surface area contributed by atoms with E-state index in [9.17, 15) is 0 Å². The summed E-state index contributed by atoms with van der Waals surface area (Å²) in [5.41, 5.74) is 2.48. The van der Waals surface area contributed by atoms with Crippen LogP contribution in [0.15, 0.2) is 18.2 Å². The maximum atomic E-state index is 5.69. The summed E-state index contributed by atoms with van der Waals surface area (Å²) in [6.45, 7) is 3.77. The Morgan fingerprint density at radius 3 is 2.38 bits per heavy atom. The predicted molar refractivity (Wildman–Crippen MR) is 69.6 cm³/mol. The van der Waals surface area contributed by atoms with Gasteiger partial charge in [-0.3, -0.25) is 0 Å². The Balaban J connectivity index is 2.64. The van der Waals surface area contributed by atoms with Crippen molar-refractivity contribution in [3.05, 3.63) is 23.8 Å². The van der Waals surface area contributed by atoms with E-state index < -0.39 is 0 Å². The highest BCUT2D eigenvalue weighted by atomic mass is 16.5. The molecule has 3 nitrogen and oxygen atoms in total. The van der Waals surface area contributed by atoms with Gasteiger partial charge in [-0.2, -0.15) is 0 Å². The fourth-order valence-electron chi connectivity index (χ4n) is 1.51. The molecule has 3 heteroatoms. The highest BCUT2D eigenvalue weighted by Crippen LogP contribution is 2.23. The molecule has 0 heterocycles. The van der Waals surface area contributed by atoms with Gasteiger partial charge in [-0.05, 0) is 32.6 Å². The van der Waals surface area contributed by atoms with E-state index >= 15 is 0 Å². The maximum absolute atomic E-state index is 5.69. The first-order valence-electron chi connectivity index (χ1n) is 5.56. The minimum atomic E-state index is 0.725. The first-order valence-corrected chi connectivity index (χ1v) is 5.56. The topological polar surface area (TPSA) is 15.7 Å². The van der Waals surface area contributed by atoms with Crippen molar-refractivity contribution in [2.45, 2.75) is 6.92 Å². The second kappa shape index (κ2) is 5.75. The van der Waals surface area contributed by atoms with Crippen molar-refractivity contribution >= 4 is 5.69 Å². The number of hydrogen-bond donors (Lipinski definition) is 0. The maximum Gasteiger partial charge on any atom is 0.121 e. The van der Waals surface area contributed by atoms with Gasteiger partial charge in [-0.25, -0.2) is 0 Å². The third-order valence-corrected chi connectivity index (χ3v) is 2.47. The molecule has 0 radical (unpaired) electrons. The van der Waals surface area contributed by atoms with E-state index in [1.807, 2.05) is 34.3 Å². The molecule has 0 saturated carbocycles. The van der Waals surface area contributed by atoms with Crippen molar-refractivity contribution < 1.29 is 4.74 Å². The number of ether oxygens (including phenoxy) is 1. The number of hydrogen-bond acceptors (Lipinski definition) is 3. The SMILES string of the molecule is Cc1ccc(OCCN(C)C)cc1N(C)C. The van der Waals surface area contributed by atoms with Gasteiger partial charge in [0.05, 0.1) is 0 Å². The van der Waals surface area contributed by atoms with E-state index in [1.54, 1.807) is 0 Å². The van der Waals surface area contributed by atoms with Crippen LogP contribution >= 0.6 is 0 Å². The molecule has 0 unspecified atom stereocenters. The van der Waals surface area contributed by atoms with Crippen LogP contribution < -0.4 is 9.64 Å². The van der Waals surface area contributed by atoms with Crippen molar-refractivity contribution in [1.82, 2.24) is 4.90 Å². The second-order valence-corrected chi connectivity index (χ2v) is 4.49. The number of anilines is 1. The molecule has 16 heavy (non-hydrogen) atoms. The highest BCUT2D eigenvalue weighted by molar-refractivity contribution is 5.55. The van der Waals surface area contributed by atoms with Gasteiger partial charge < -0.3 is 14.5 Å². The Morgan fingerprint density at radius 1 is 1.12 bits per heavy atom.